The van der Waals surface area contributed by atoms with Crippen LogP contribution in [0.1, 0.15) is 11.6 Å². The molecule has 0 bridgehead atoms. The third kappa shape index (κ3) is 3.27. The molecule has 1 heterocycles. The van der Waals surface area contributed by atoms with E-state index in [1.807, 2.05) is 0 Å². The predicted molar refractivity (Wildman–Crippen MR) is 56.4 cm³/mol. The van der Waals surface area contributed by atoms with Crippen molar-refractivity contribution < 1.29 is 27.4 Å². The normalized spacial score (nSPS) is 15.8. The molecule has 2 N–H and O–H groups in total. The first-order chi connectivity index (χ1) is 8.46. The van der Waals surface area contributed by atoms with Gasteiger partial charge in [-0.05, 0) is 17.7 Å². The van der Waals surface area contributed by atoms with Gasteiger partial charge in [0.25, 0.3) is 0 Å². The molecule has 4 nitrogen and oxygen atoms in total. The van der Waals surface area contributed by atoms with E-state index < -0.39 is 18.8 Å². The largest absolute Gasteiger partial charge is 0.454 e. The minimum atomic E-state index is -4.34. The van der Waals surface area contributed by atoms with Crippen LogP contribution < -0.4 is 15.2 Å². The van der Waals surface area contributed by atoms with Gasteiger partial charge in [0.2, 0.25) is 6.79 Å². The summed E-state index contributed by atoms with van der Waals surface area (Å²) >= 11 is 0. The summed E-state index contributed by atoms with van der Waals surface area (Å²) in [6.45, 7) is -1.37. The van der Waals surface area contributed by atoms with Gasteiger partial charge in [0, 0.05) is 0 Å². The van der Waals surface area contributed by atoms with E-state index in [9.17, 15) is 13.2 Å². The van der Waals surface area contributed by atoms with E-state index in [4.69, 9.17) is 15.2 Å². The Labute approximate surface area is 101 Å². The molecule has 1 aromatic rings. The molecule has 0 fully saturated rings. The standard InChI is InChI=1S/C11H12F3NO3/c12-11(13,14)5-16-4-8(15)7-1-2-9-10(3-7)18-6-17-9/h1-3,8H,4-6,15H2. The van der Waals surface area contributed by atoms with Crippen LogP contribution in [0.15, 0.2) is 18.2 Å². The van der Waals surface area contributed by atoms with Crippen molar-refractivity contribution in [1.82, 2.24) is 0 Å². The number of fused-ring (bicyclic) bond motifs is 1. The second-order valence-electron chi connectivity index (χ2n) is 3.85. The molecule has 0 saturated carbocycles. The second-order valence-corrected chi connectivity index (χ2v) is 3.85. The Morgan fingerprint density at radius 2 is 2.00 bits per heavy atom. The number of halogens is 3. The Balaban J connectivity index is 1.91. The summed E-state index contributed by atoms with van der Waals surface area (Å²) in [4.78, 5) is 0. The lowest BCUT2D eigenvalue weighted by molar-refractivity contribution is -0.174. The van der Waals surface area contributed by atoms with Gasteiger partial charge in [-0.15, -0.1) is 0 Å². The summed E-state index contributed by atoms with van der Waals surface area (Å²) in [5.41, 5.74) is 6.37. The molecule has 1 aliphatic heterocycles. The smallest absolute Gasteiger partial charge is 0.411 e. The number of benzene rings is 1. The van der Waals surface area contributed by atoms with Crippen molar-refractivity contribution >= 4 is 0 Å². The molecule has 0 aliphatic carbocycles. The highest BCUT2D eigenvalue weighted by Crippen LogP contribution is 2.33. The maximum Gasteiger partial charge on any atom is 0.411 e. The van der Waals surface area contributed by atoms with Crippen LogP contribution in [0.25, 0.3) is 0 Å². The molecule has 0 spiro atoms. The van der Waals surface area contributed by atoms with E-state index in [1.54, 1.807) is 18.2 Å². The monoisotopic (exact) mass is 263 g/mol. The molecule has 0 saturated heterocycles. The number of hydrogen-bond acceptors (Lipinski definition) is 4. The Bertz CT molecular complexity index is 422. The SMILES string of the molecule is NC(COCC(F)(F)F)c1ccc2c(c1)OCO2. The Morgan fingerprint density at radius 3 is 2.72 bits per heavy atom. The molecular formula is C11H12F3NO3. The summed E-state index contributed by atoms with van der Waals surface area (Å²) in [5, 5.41) is 0. The van der Waals surface area contributed by atoms with Gasteiger partial charge in [0.15, 0.2) is 11.5 Å². The lowest BCUT2D eigenvalue weighted by Crippen LogP contribution is -2.23. The lowest BCUT2D eigenvalue weighted by atomic mass is 10.1. The third-order valence-electron chi connectivity index (χ3n) is 2.39. The number of nitrogens with two attached hydrogens (primary N) is 1. The molecule has 0 aromatic heterocycles. The highest BCUT2D eigenvalue weighted by atomic mass is 19.4. The van der Waals surface area contributed by atoms with Gasteiger partial charge in [-0.1, -0.05) is 6.07 Å². The molecule has 7 heteroatoms. The first kappa shape index (κ1) is 13.0. The van der Waals surface area contributed by atoms with Crippen molar-refractivity contribution in [3.63, 3.8) is 0 Å². The fraction of sp³-hybridized carbons (Fsp3) is 0.455. The van der Waals surface area contributed by atoms with Gasteiger partial charge in [0.05, 0.1) is 12.6 Å². The topological polar surface area (TPSA) is 53.7 Å². The molecule has 100 valence electrons. The average Bonchev–Trinajstić information content (AvgIpc) is 2.73. The Kier molecular flexibility index (Phi) is 3.63. The van der Waals surface area contributed by atoms with Crippen molar-refractivity contribution in [1.29, 1.82) is 0 Å². The first-order valence-corrected chi connectivity index (χ1v) is 5.25. The summed E-state index contributed by atoms with van der Waals surface area (Å²) in [6, 6.07) is 4.35. The first-order valence-electron chi connectivity index (χ1n) is 5.25. The summed E-state index contributed by atoms with van der Waals surface area (Å²) in [7, 11) is 0. The van der Waals surface area contributed by atoms with E-state index in [-0.39, 0.29) is 13.4 Å². The van der Waals surface area contributed by atoms with Gasteiger partial charge in [0.1, 0.15) is 6.61 Å². The lowest BCUT2D eigenvalue weighted by Gasteiger charge is -2.14. The van der Waals surface area contributed by atoms with Gasteiger partial charge in [-0.2, -0.15) is 13.2 Å². The minimum absolute atomic E-state index is 0.137. The zero-order valence-corrected chi connectivity index (χ0v) is 9.37. The highest BCUT2D eigenvalue weighted by molar-refractivity contribution is 5.45. The highest BCUT2D eigenvalue weighted by Gasteiger charge is 2.27. The molecule has 2 rings (SSSR count). The van der Waals surface area contributed by atoms with Gasteiger partial charge in [-0.25, -0.2) is 0 Å². The van der Waals surface area contributed by atoms with Crippen LogP contribution in [0.2, 0.25) is 0 Å². The van der Waals surface area contributed by atoms with Crippen LogP contribution >= 0.6 is 0 Å². The Morgan fingerprint density at radius 1 is 1.28 bits per heavy atom. The zero-order chi connectivity index (χ0) is 13.2. The van der Waals surface area contributed by atoms with Crippen LogP contribution in [0.5, 0.6) is 11.5 Å². The number of ether oxygens (including phenoxy) is 3. The molecule has 0 amide bonds. The van der Waals surface area contributed by atoms with E-state index in [1.165, 1.54) is 0 Å². The van der Waals surface area contributed by atoms with Gasteiger partial charge >= 0.3 is 6.18 Å². The number of rotatable bonds is 4. The van der Waals surface area contributed by atoms with E-state index in [0.717, 1.165) is 0 Å². The quantitative estimate of drug-likeness (QED) is 0.902. The van der Waals surface area contributed by atoms with E-state index >= 15 is 0 Å². The predicted octanol–water partition coefficient (Wildman–Crippen LogP) is 1.99. The maximum absolute atomic E-state index is 11.9. The van der Waals surface area contributed by atoms with Gasteiger partial charge in [-0.3, -0.25) is 0 Å². The van der Waals surface area contributed by atoms with Crippen LogP contribution in [0.3, 0.4) is 0 Å². The summed E-state index contributed by atoms with van der Waals surface area (Å²) < 4.78 is 50.4. The van der Waals surface area contributed by atoms with Gasteiger partial charge < -0.3 is 19.9 Å². The second kappa shape index (κ2) is 5.03. The molecule has 1 unspecified atom stereocenters. The summed E-state index contributed by atoms with van der Waals surface area (Å²) in [5.74, 6) is 1.14. The zero-order valence-electron chi connectivity index (χ0n) is 9.37. The van der Waals surface area contributed by atoms with Crippen molar-refractivity contribution in [2.75, 3.05) is 20.0 Å². The van der Waals surface area contributed by atoms with Crippen LogP contribution in [-0.4, -0.2) is 26.2 Å². The number of hydrogen-bond donors (Lipinski definition) is 1. The van der Waals surface area contributed by atoms with Crippen molar-refractivity contribution in [2.24, 2.45) is 5.73 Å². The Hall–Kier alpha value is -1.47. The molecule has 1 aromatic carbocycles. The third-order valence-corrected chi connectivity index (χ3v) is 2.39. The van der Waals surface area contributed by atoms with Crippen molar-refractivity contribution in [3.05, 3.63) is 23.8 Å². The molecule has 18 heavy (non-hydrogen) atoms. The average molecular weight is 263 g/mol. The minimum Gasteiger partial charge on any atom is -0.454 e. The van der Waals surface area contributed by atoms with E-state index in [0.29, 0.717) is 17.1 Å². The molecule has 0 radical (unpaired) electrons. The molecular weight excluding hydrogens is 251 g/mol. The van der Waals surface area contributed by atoms with Crippen molar-refractivity contribution in [3.8, 4) is 11.5 Å². The van der Waals surface area contributed by atoms with Crippen LogP contribution in [-0.2, 0) is 4.74 Å². The van der Waals surface area contributed by atoms with Crippen LogP contribution in [0, 0.1) is 0 Å². The molecule has 1 aliphatic rings. The summed E-state index contributed by atoms with van der Waals surface area (Å²) in [6.07, 6.45) is -4.34. The number of alkyl halides is 3. The van der Waals surface area contributed by atoms with Crippen molar-refractivity contribution in [2.45, 2.75) is 12.2 Å². The van der Waals surface area contributed by atoms with Crippen LogP contribution in [0.4, 0.5) is 13.2 Å². The van der Waals surface area contributed by atoms with E-state index in [2.05, 4.69) is 4.74 Å². The fourth-order valence-electron chi connectivity index (χ4n) is 1.54. The fourth-order valence-corrected chi connectivity index (χ4v) is 1.54. The maximum atomic E-state index is 11.9. The molecule has 1 atom stereocenters.